The topological polar surface area (TPSA) is 57.6 Å². The Labute approximate surface area is 122 Å². The Kier molecular flexibility index (Phi) is 4.98. The summed E-state index contributed by atoms with van der Waals surface area (Å²) in [5, 5.41) is 9.23. The standard InChI is InChI=1S/C13H18ClNO3S/c1-13(2,3)10(12(17)18)11(16)15(4)7-8-5-6-9(14)19-8/h5-6,10H,7H2,1-4H3,(H,17,18). The average molecular weight is 304 g/mol. The maximum atomic E-state index is 12.3. The largest absolute Gasteiger partial charge is 0.481 e. The number of halogens is 1. The molecule has 1 N–H and O–H groups in total. The van der Waals surface area contributed by atoms with Gasteiger partial charge in [-0.3, -0.25) is 9.59 Å². The quantitative estimate of drug-likeness (QED) is 0.870. The van der Waals surface area contributed by atoms with Crippen LogP contribution in [0.4, 0.5) is 0 Å². The zero-order valence-corrected chi connectivity index (χ0v) is 13.0. The van der Waals surface area contributed by atoms with Gasteiger partial charge in [0.1, 0.15) is 5.92 Å². The molecule has 6 heteroatoms. The van der Waals surface area contributed by atoms with Crippen molar-refractivity contribution in [3.05, 3.63) is 21.3 Å². The van der Waals surface area contributed by atoms with E-state index in [1.807, 2.05) is 6.07 Å². The minimum atomic E-state index is -1.09. The second-order valence-corrected chi connectivity index (χ2v) is 7.34. The van der Waals surface area contributed by atoms with E-state index in [0.29, 0.717) is 10.9 Å². The first-order valence-corrected chi connectivity index (χ1v) is 7.04. The van der Waals surface area contributed by atoms with E-state index < -0.39 is 17.3 Å². The number of thiophene rings is 1. The first kappa shape index (κ1) is 16.0. The van der Waals surface area contributed by atoms with Gasteiger partial charge in [-0.1, -0.05) is 32.4 Å². The zero-order valence-electron chi connectivity index (χ0n) is 11.4. The van der Waals surface area contributed by atoms with Gasteiger partial charge in [-0.25, -0.2) is 0 Å². The fraction of sp³-hybridized carbons (Fsp3) is 0.538. The molecule has 0 saturated heterocycles. The van der Waals surface area contributed by atoms with E-state index in [4.69, 9.17) is 11.6 Å². The molecule has 0 radical (unpaired) electrons. The van der Waals surface area contributed by atoms with Crippen LogP contribution in [0.3, 0.4) is 0 Å². The van der Waals surface area contributed by atoms with Gasteiger partial charge in [-0.15, -0.1) is 11.3 Å². The number of carboxylic acids is 1. The molecule has 106 valence electrons. The Hall–Kier alpha value is -1.07. The van der Waals surface area contributed by atoms with Crippen molar-refractivity contribution in [2.24, 2.45) is 11.3 Å². The van der Waals surface area contributed by atoms with Gasteiger partial charge in [-0.2, -0.15) is 0 Å². The fourth-order valence-electron chi connectivity index (χ4n) is 1.82. The maximum Gasteiger partial charge on any atom is 0.316 e. The Balaban J connectivity index is 2.83. The number of aliphatic carboxylic acids is 1. The summed E-state index contributed by atoms with van der Waals surface area (Å²) in [4.78, 5) is 25.9. The van der Waals surface area contributed by atoms with Crippen LogP contribution in [0.2, 0.25) is 4.34 Å². The molecule has 0 aliphatic carbocycles. The van der Waals surface area contributed by atoms with Gasteiger partial charge in [0, 0.05) is 11.9 Å². The van der Waals surface area contributed by atoms with E-state index in [1.165, 1.54) is 16.2 Å². The summed E-state index contributed by atoms with van der Waals surface area (Å²) in [6, 6.07) is 3.60. The summed E-state index contributed by atoms with van der Waals surface area (Å²) in [5.74, 6) is -2.52. The molecule has 0 spiro atoms. The molecule has 1 heterocycles. The highest BCUT2D eigenvalue weighted by Gasteiger charge is 2.39. The Morgan fingerprint density at radius 3 is 2.37 bits per heavy atom. The van der Waals surface area contributed by atoms with Crippen molar-refractivity contribution in [2.75, 3.05) is 7.05 Å². The van der Waals surface area contributed by atoms with E-state index in [9.17, 15) is 14.7 Å². The van der Waals surface area contributed by atoms with Gasteiger partial charge < -0.3 is 10.0 Å². The molecular weight excluding hydrogens is 286 g/mol. The summed E-state index contributed by atoms with van der Waals surface area (Å²) in [7, 11) is 1.61. The summed E-state index contributed by atoms with van der Waals surface area (Å²) in [6.07, 6.45) is 0. The number of carboxylic acid groups (broad SMARTS) is 1. The normalized spacial score (nSPS) is 13.1. The Bertz CT molecular complexity index is 478. The van der Waals surface area contributed by atoms with Gasteiger partial charge in [0.15, 0.2) is 0 Å². The van der Waals surface area contributed by atoms with E-state index in [2.05, 4.69) is 0 Å². The summed E-state index contributed by atoms with van der Waals surface area (Å²) < 4.78 is 0.654. The van der Waals surface area contributed by atoms with Crippen LogP contribution in [0.15, 0.2) is 12.1 Å². The van der Waals surface area contributed by atoms with Crippen LogP contribution in [0.5, 0.6) is 0 Å². The first-order chi connectivity index (χ1) is 8.62. The van der Waals surface area contributed by atoms with E-state index in [-0.39, 0.29) is 5.91 Å². The van der Waals surface area contributed by atoms with Gasteiger partial charge in [-0.05, 0) is 17.5 Å². The molecule has 4 nitrogen and oxygen atoms in total. The Morgan fingerprint density at radius 1 is 1.42 bits per heavy atom. The summed E-state index contributed by atoms with van der Waals surface area (Å²) >= 11 is 7.22. The minimum Gasteiger partial charge on any atom is -0.481 e. The summed E-state index contributed by atoms with van der Waals surface area (Å²) in [6.45, 7) is 5.62. The van der Waals surface area contributed by atoms with Crippen molar-refractivity contribution in [1.82, 2.24) is 4.90 Å². The number of rotatable bonds is 4. The second kappa shape index (κ2) is 5.92. The molecule has 0 aliphatic heterocycles. The molecule has 1 atom stereocenters. The third-order valence-corrected chi connectivity index (χ3v) is 3.97. The molecule has 1 aromatic heterocycles. The van der Waals surface area contributed by atoms with Crippen molar-refractivity contribution in [3.8, 4) is 0 Å². The van der Waals surface area contributed by atoms with Crippen molar-refractivity contribution in [2.45, 2.75) is 27.3 Å². The second-order valence-electron chi connectivity index (χ2n) is 5.54. The van der Waals surface area contributed by atoms with E-state index in [1.54, 1.807) is 33.9 Å². The van der Waals surface area contributed by atoms with Gasteiger partial charge in [0.2, 0.25) is 5.91 Å². The monoisotopic (exact) mass is 303 g/mol. The van der Waals surface area contributed by atoms with Crippen molar-refractivity contribution >= 4 is 34.8 Å². The highest BCUT2D eigenvalue weighted by Crippen LogP contribution is 2.29. The summed E-state index contributed by atoms with van der Waals surface area (Å²) in [5.41, 5.74) is -0.621. The highest BCUT2D eigenvalue weighted by atomic mass is 35.5. The fourth-order valence-corrected chi connectivity index (χ4v) is 2.96. The third-order valence-electron chi connectivity index (χ3n) is 2.76. The molecule has 19 heavy (non-hydrogen) atoms. The molecule has 1 amide bonds. The highest BCUT2D eigenvalue weighted by molar-refractivity contribution is 7.16. The van der Waals surface area contributed by atoms with Crippen molar-refractivity contribution in [1.29, 1.82) is 0 Å². The SMILES string of the molecule is CN(Cc1ccc(Cl)s1)C(=O)C(C(=O)O)C(C)(C)C. The van der Waals surface area contributed by atoms with Gasteiger partial charge in [0.05, 0.1) is 10.9 Å². The lowest BCUT2D eigenvalue weighted by Crippen LogP contribution is -2.43. The van der Waals surface area contributed by atoms with E-state index in [0.717, 1.165) is 4.88 Å². The molecule has 0 aromatic carbocycles. The lowest BCUT2D eigenvalue weighted by atomic mass is 9.80. The number of carbonyl (C=O) groups is 2. The number of hydrogen-bond acceptors (Lipinski definition) is 3. The molecule has 0 saturated carbocycles. The smallest absolute Gasteiger partial charge is 0.316 e. The minimum absolute atomic E-state index is 0.371. The van der Waals surface area contributed by atoms with Crippen LogP contribution in [0, 0.1) is 11.3 Å². The number of amides is 1. The predicted molar refractivity (Wildman–Crippen MR) is 76.4 cm³/mol. The van der Waals surface area contributed by atoms with Gasteiger partial charge >= 0.3 is 5.97 Å². The molecular formula is C13H18ClNO3S. The number of carbonyl (C=O) groups excluding carboxylic acids is 1. The lowest BCUT2D eigenvalue weighted by Gasteiger charge is -2.29. The van der Waals surface area contributed by atoms with Crippen LogP contribution >= 0.6 is 22.9 Å². The van der Waals surface area contributed by atoms with Crippen LogP contribution in [-0.4, -0.2) is 28.9 Å². The van der Waals surface area contributed by atoms with Gasteiger partial charge in [0.25, 0.3) is 0 Å². The third kappa shape index (κ3) is 4.21. The molecule has 0 bridgehead atoms. The average Bonchev–Trinajstić information content (AvgIpc) is 2.60. The Morgan fingerprint density at radius 2 is 2.00 bits per heavy atom. The lowest BCUT2D eigenvalue weighted by molar-refractivity contribution is -0.155. The molecule has 0 fully saturated rings. The van der Waals surface area contributed by atoms with E-state index >= 15 is 0 Å². The molecule has 1 aromatic rings. The van der Waals surface area contributed by atoms with Crippen molar-refractivity contribution < 1.29 is 14.7 Å². The maximum absolute atomic E-state index is 12.3. The van der Waals surface area contributed by atoms with Crippen LogP contribution in [0.1, 0.15) is 25.6 Å². The predicted octanol–water partition coefficient (Wildman–Crippen LogP) is 3.11. The van der Waals surface area contributed by atoms with Crippen molar-refractivity contribution in [3.63, 3.8) is 0 Å². The molecule has 0 aliphatic rings. The van der Waals surface area contributed by atoms with Crippen LogP contribution in [-0.2, 0) is 16.1 Å². The molecule has 1 unspecified atom stereocenters. The van der Waals surface area contributed by atoms with Crippen LogP contribution in [0.25, 0.3) is 0 Å². The number of nitrogens with zero attached hydrogens (tertiary/aromatic N) is 1. The molecule has 1 rings (SSSR count). The zero-order chi connectivity index (χ0) is 14.8. The first-order valence-electron chi connectivity index (χ1n) is 5.85. The van der Waals surface area contributed by atoms with Crippen LogP contribution < -0.4 is 0 Å². The number of hydrogen-bond donors (Lipinski definition) is 1.